The number of nitrogens with one attached hydrogen (secondary N) is 1. The van der Waals surface area contributed by atoms with Gasteiger partial charge in [-0.25, -0.2) is 9.78 Å². The lowest BCUT2D eigenvalue weighted by Crippen LogP contribution is -2.11. The monoisotopic (exact) mass is 270 g/mol. The zero-order valence-corrected chi connectivity index (χ0v) is 10.8. The molecule has 2 heterocycles. The van der Waals surface area contributed by atoms with Gasteiger partial charge < -0.3 is 10.4 Å². The van der Waals surface area contributed by atoms with Crippen molar-refractivity contribution >= 4 is 11.8 Å². The fourth-order valence-corrected chi connectivity index (χ4v) is 2.37. The van der Waals surface area contributed by atoms with E-state index in [-0.39, 0.29) is 5.56 Å². The topological polar surface area (TPSA) is 88.0 Å². The first-order valence-electron chi connectivity index (χ1n) is 6.50. The molecule has 0 atom stereocenters. The number of aryl methyl sites for hydroxylation is 2. The van der Waals surface area contributed by atoms with Gasteiger partial charge in [0, 0.05) is 11.9 Å². The fraction of sp³-hybridized carbons (Fsp3) is 0.286. The van der Waals surface area contributed by atoms with Gasteiger partial charge in [0.25, 0.3) is 0 Å². The van der Waals surface area contributed by atoms with Crippen molar-refractivity contribution in [3.05, 3.63) is 46.9 Å². The Morgan fingerprint density at radius 2 is 2.30 bits per heavy atom. The molecule has 0 aliphatic heterocycles. The van der Waals surface area contributed by atoms with E-state index < -0.39 is 5.97 Å². The number of nitrogens with zero attached hydrogens (tertiary/aromatic N) is 3. The summed E-state index contributed by atoms with van der Waals surface area (Å²) >= 11 is 0. The van der Waals surface area contributed by atoms with Gasteiger partial charge in [-0.1, -0.05) is 0 Å². The zero-order valence-electron chi connectivity index (χ0n) is 10.8. The molecule has 1 aliphatic carbocycles. The predicted molar refractivity (Wildman–Crippen MR) is 72.6 cm³/mol. The van der Waals surface area contributed by atoms with Crippen molar-refractivity contribution < 1.29 is 9.90 Å². The summed E-state index contributed by atoms with van der Waals surface area (Å²) in [4.78, 5) is 15.8. The Balaban J connectivity index is 1.86. The second kappa shape index (κ2) is 5.24. The Morgan fingerprint density at radius 1 is 1.40 bits per heavy atom. The fourth-order valence-electron chi connectivity index (χ4n) is 2.37. The number of hydrogen-bond donors (Lipinski definition) is 2. The molecule has 0 radical (unpaired) electrons. The SMILES string of the molecule is O=C(O)c1cc2c(nc1NCc1cccnn1)CCC2. The van der Waals surface area contributed by atoms with Crippen LogP contribution in [0.4, 0.5) is 5.82 Å². The minimum atomic E-state index is -0.964. The Morgan fingerprint density at radius 3 is 3.05 bits per heavy atom. The summed E-state index contributed by atoms with van der Waals surface area (Å²) < 4.78 is 0. The van der Waals surface area contributed by atoms with Crippen LogP contribution in [0.15, 0.2) is 24.4 Å². The van der Waals surface area contributed by atoms with E-state index in [0.29, 0.717) is 12.4 Å². The third-order valence-corrected chi connectivity index (χ3v) is 3.35. The maximum absolute atomic E-state index is 11.3. The number of hydrogen-bond acceptors (Lipinski definition) is 5. The third kappa shape index (κ3) is 2.45. The largest absolute Gasteiger partial charge is 0.478 e. The lowest BCUT2D eigenvalue weighted by Gasteiger charge is -2.10. The highest BCUT2D eigenvalue weighted by Gasteiger charge is 2.19. The molecule has 0 saturated carbocycles. The maximum Gasteiger partial charge on any atom is 0.339 e. The quantitative estimate of drug-likeness (QED) is 0.878. The molecule has 0 spiro atoms. The van der Waals surface area contributed by atoms with Crippen LogP contribution >= 0.6 is 0 Å². The highest BCUT2D eigenvalue weighted by Crippen LogP contribution is 2.25. The van der Waals surface area contributed by atoms with Crippen LogP contribution in [0, 0.1) is 0 Å². The van der Waals surface area contributed by atoms with E-state index in [2.05, 4.69) is 20.5 Å². The number of carbonyl (C=O) groups is 1. The van der Waals surface area contributed by atoms with Crippen molar-refractivity contribution in [1.29, 1.82) is 0 Å². The van der Waals surface area contributed by atoms with Gasteiger partial charge in [-0.3, -0.25) is 0 Å². The molecule has 0 bridgehead atoms. The van der Waals surface area contributed by atoms with Crippen LogP contribution in [-0.2, 0) is 19.4 Å². The molecule has 0 fully saturated rings. The first kappa shape index (κ1) is 12.5. The number of fused-ring (bicyclic) bond motifs is 1. The number of anilines is 1. The summed E-state index contributed by atoms with van der Waals surface area (Å²) in [5, 5.41) is 20.1. The van der Waals surface area contributed by atoms with Crippen LogP contribution < -0.4 is 5.32 Å². The van der Waals surface area contributed by atoms with Crippen molar-refractivity contribution in [2.45, 2.75) is 25.8 Å². The first-order valence-corrected chi connectivity index (χ1v) is 6.50. The number of aromatic nitrogens is 3. The molecule has 0 unspecified atom stereocenters. The minimum absolute atomic E-state index is 0.217. The molecule has 20 heavy (non-hydrogen) atoms. The first-order chi connectivity index (χ1) is 9.74. The van der Waals surface area contributed by atoms with E-state index in [9.17, 15) is 9.90 Å². The van der Waals surface area contributed by atoms with E-state index in [1.165, 1.54) is 0 Å². The highest BCUT2D eigenvalue weighted by atomic mass is 16.4. The van der Waals surface area contributed by atoms with Crippen LogP contribution in [0.25, 0.3) is 0 Å². The van der Waals surface area contributed by atoms with Crippen LogP contribution in [0.1, 0.15) is 33.7 Å². The van der Waals surface area contributed by atoms with Crippen molar-refractivity contribution in [2.24, 2.45) is 0 Å². The smallest absolute Gasteiger partial charge is 0.339 e. The number of aromatic carboxylic acids is 1. The Hall–Kier alpha value is -2.50. The highest BCUT2D eigenvalue weighted by molar-refractivity contribution is 5.93. The average molecular weight is 270 g/mol. The van der Waals surface area contributed by atoms with Crippen LogP contribution in [0.2, 0.25) is 0 Å². The predicted octanol–water partition coefficient (Wildman–Crippen LogP) is 1.67. The molecule has 2 N–H and O–H groups in total. The average Bonchev–Trinajstić information content (AvgIpc) is 2.92. The van der Waals surface area contributed by atoms with E-state index in [1.807, 2.05) is 6.07 Å². The van der Waals surface area contributed by atoms with Gasteiger partial charge in [0.15, 0.2) is 0 Å². The molecule has 0 saturated heterocycles. The number of pyridine rings is 1. The summed E-state index contributed by atoms with van der Waals surface area (Å²) in [5.41, 5.74) is 3.00. The molecule has 3 rings (SSSR count). The second-order valence-corrected chi connectivity index (χ2v) is 4.72. The van der Waals surface area contributed by atoms with Crippen molar-refractivity contribution in [3.63, 3.8) is 0 Å². The lowest BCUT2D eigenvalue weighted by molar-refractivity contribution is 0.0697. The summed E-state index contributed by atoms with van der Waals surface area (Å²) in [6.07, 6.45) is 4.46. The van der Waals surface area contributed by atoms with E-state index >= 15 is 0 Å². The molecule has 6 heteroatoms. The molecular weight excluding hydrogens is 256 g/mol. The van der Waals surface area contributed by atoms with Gasteiger partial charge in [0.05, 0.1) is 12.2 Å². The van der Waals surface area contributed by atoms with Crippen LogP contribution in [0.5, 0.6) is 0 Å². The molecule has 0 amide bonds. The lowest BCUT2D eigenvalue weighted by atomic mass is 10.1. The van der Waals surface area contributed by atoms with Crippen molar-refractivity contribution in [1.82, 2.24) is 15.2 Å². The molecule has 6 nitrogen and oxygen atoms in total. The normalized spacial score (nSPS) is 13.0. The van der Waals surface area contributed by atoms with E-state index in [1.54, 1.807) is 18.3 Å². The minimum Gasteiger partial charge on any atom is -0.478 e. The summed E-state index contributed by atoms with van der Waals surface area (Å²) in [6.45, 7) is 0.403. The van der Waals surface area contributed by atoms with Gasteiger partial charge in [-0.15, -0.1) is 0 Å². The Bertz CT molecular complexity index is 643. The third-order valence-electron chi connectivity index (χ3n) is 3.35. The van der Waals surface area contributed by atoms with Crippen LogP contribution in [-0.4, -0.2) is 26.3 Å². The van der Waals surface area contributed by atoms with Gasteiger partial charge in [0.2, 0.25) is 0 Å². The molecule has 2 aromatic rings. The summed E-state index contributed by atoms with van der Waals surface area (Å²) in [5.74, 6) is -0.558. The number of carboxylic acid groups (broad SMARTS) is 1. The summed E-state index contributed by atoms with van der Waals surface area (Å²) in [6, 6.07) is 5.35. The molecule has 2 aromatic heterocycles. The molecule has 102 valence electrons. The molecule has 0 aromatic carbocycles. The number of carboxylic acids is 1. The second-order valence-electron chi connectivity index (χ2n) is 4.72. The maximum atomic E-state index is 11.3. The Kier molecular flexibility index (Phi) is 3.28. The van der Waals surface area contributed by atoms with Gasteiger partial charge >= 0.3 is 5.97 Å². The van der Waals surface area contributed by atoms with Gasteiger partial charge in [-0.2, -0.15) is 10.2 Å². The van der Waals surface area contributed by atoms with E-state index in [4.69, 9.17) is 0 Å². The zero-order chi connectivity index (χ0) is 13.9. The number of rotatable bonds is 4. The molecular formula is C14H14N4O2. The van der Waals surface area contributed by atoms with E-state index in [0.717, 1.165) is 36.2 Å². The van der Waals surface area contributed by atoms with Gasteiger partial charge in [-0.05, 0) is 43.0 Å². The van der Waals surface area contributed by atoms with Crippen molar-refractivity contribution in [2.75, 3.05) is 5.32 Å². The molecule has 1 aliphatic rings. The Labute approximate surface area is 115 Å². The van der Waals surface area contributed by atoms with Crippen LogP contribution in [0.3, 0.4) is 0 Å². The standard InChI is InChI=1S/C14H14N4O2/c19-14(20)11-7-9-3-1-5-12(9)17-13(11)15-8-10-4-2-6-16-18-10/h2,4,6-7H,1,3,5,8H2,(H,15,17)(H,19,20). The summed E-state index contributed by atoms with van der Waals surface area (Å²) in [7, 11) is 0. The van der Waals surface area contributed by atoms with Gasteiger partial charge in [0.1, 0.15) is 11.4 Å². The van der Waals surface area contributed by atoms with Crippen molar-refractivity contribution in [3.8, 4) is 0 Å².